The van der Waals surface area contributed by atoms with Crippen molar-refractivity contribution in [2.24, 2.45) is 0 Å². The predicted molar refractivity (Wildman–Crippen MR) is 169 cm³/mol. The number of aromatic nitrogens is 3. The van der Waals surface area contributed by atoms with Gasteiger partial charge in [0.15, 0.2) is 0 Å². The molecular weight excluding hydrogens is 585 g/mol. The van der Waals surface area contributed by atoms with Gasteiger partial charge in [0.25, 0.3) is 0 Å². The zero-order chi connectivity index (χ0) is 30.1. The van der Waals surface area contributed by atoms with Crippen LogP contribution in [-0.2, 0) is 6.61 Å². The molecule has 0 unspecified atom stereocenters. The van der Waals surface area contributed by atoms with Gasteiger partial charge in [-0.2, -0.15) is 0 Å². The lowest BCUT2D eigenvalue weighted by Gasteiger charge is -2.20. The fourth-order valence-corrected chi connectivity index (χ4v) is 6.58. The summed E-state index contributed by atoms with van der Waals surface area (Å²) in [5.41, 5.74) is 4.88. The maximum atomic E-state index is 11.8. The van der Waals surface area contributed by atoms with Gasteiger partial charge in [-0.05, 0) is 67.4 Å². The number of hydrogen-bond donors (Lipinski definition) is 1. The minimum atomic E-state index is -0.938. The number of fused-ring (bicyclic) bond motifs is 1. The largest absolute Gasteiger partial charge is 0.489 e. The molecule has 0 spiro atoms. The van der Waals surface area contributed by atoms with E-state index in [4.69, 9.17) is 37.4 Å². The van der Waals surface area contributed by atoms with E-state index in [9.17, 15) is 9.90 Å². The quantitative estimate of drug-likeness (QED) is 0.174. The second-order valence-electron chi connectivity index (χ2n) is 11.4. The number of ether oxygens (including phenoxy) is 1. The SMILES string of the molecule is CC(C)c1onc(-c2c(Cl)cccc2Cl)c1COc1ccc(-c2nc3ccc(C(=O)O)cc3n2C2CCCCCC2)cc1. The van der Waals surface area contributed by atoms with Crippen LogP contribution in [0.25, 0.3) is 33.7 Å². The number of benzene rings is 3. The number of aromatic carboxylic acids is 1. The number of halogens is 2. The highest BCUT2D eigenvalue weighted by Gasteiger charge is 2.25. The number of nitrogens with zero attached hydrogens (tertiary/aromatic N) is 3. The molecule has 6 rings (SSSR count). The number of rotatable bonds is 8. The van der Waals surface area contributed by atoms with Crippen molar-refractivity contribution in [3.05, 3.63) is 87.6 Å². The third-order valence-electron chi connectivity index (χ3n) is 8.16. The Labute approximate surface area is 260 Å². The molecule has 0 atom stereocenters. The molecule has 3 aromatic carbocycles. The van der Waals surface area contributed by atoms with Crippen LogP contribution in [0.3, 0.4) is 0 Å². The number of imidazole rings is 1. The van der Waals surface area contributed by atoms with Gasteiger partial charge < -0.3 is 18.9 Å². The van der Waals surface area contributed by atoms with Crippen molar-refractivity contribution in [2.75, 3.05) is 0 Å². The van der Waals surface area contributed by atoms with Crippen LogP contribution < -0.4 is 4.74 Å². The molecule has 1 saturated carbocycles. The van der Waals surface area contributed by atoms with Crippen molar-refractivity contribution in [2.45, 2.75) is 70.9 Å². The van der Waals surface area contributed by atoms with E-state index in [-0.39, 0.29) is 24.1 Å². The summed E-state index contributed by atoms with van der Waals surface area (Å²) >= 11 is 13.0. The summed E-state index contributed by atoms with van der Waals surface area (Å²) in [6.07, 6.45) is 6.84. The topological polar surface area (TPSA) is 90.4 Å². The molecule has 0 saturated heterocycles. The van der Waals surface area contributed by atoms with E-state index in [1.165, 1.54) is 12.8 Å². The first-order valence-corrected chi connectivity index (χ1v) is 15.5. The van der Waals surface area contributed by atoms with Gasteiger partial charge >= 0.3 is 5.97 Å². The smallest absolute Gasteiger partial charge is 0.335 e. The van der Waals surface area contributed by atoms with Gasteiger partial charge in [0.2, 0.25) is 0 Å². The van der Waals surface area contributed by atoms with Crippen molar-refractivity contribution < 1.29 is 19.2 Å². The molecule has 9 heteroatoms. The Morgan fingerprint density at radius 2 is 1.72 bits per heavy atom. The van der Waals surface area contributed by atoms with Crippen LogP contribution in [0.5, 0.6) is 5.75 Å². The Morgan fingerprint density at radius 3 is 2.37 bits per heavy atom. The lowest BCUT2D eigenvalue weighted by molar-refractivity contribution is 0.0697. The lowest BCUT2D eigenvalue weighted by Crippen LogP contribution is -2.10. The van der Waals surface area contributed by atoms with Crippen LogP contribution >= 0.6 is 23.2 Å². The van der Waals surface area contributed by atoms with E-state index in [2.05, 4.69) is 9.72 Å². The Hall–Kier alpha value is -3.81. The maximum absolute atomic E-state index is 11.8. The molecule has 1 N–H and O–H groups in total. The first-order chi connectivity index (χ1) is 20.8. The van der Waals surface area contributed by atoms with Crippen LogP contribution in [0, 0.1) is 0 Å². The Bertz CT molecular complexity index is 1750. The van der Waals surface area contributed by atoms with E-state index in [0.717, 1.165) is 59.4 Å². The molecule has 1 aliphatic carbocycles. The first kappa shape index (κ1) is 29.3. The lowest BCUT2D eigenvalue weighted by atomic mass is 10.0. The van der Waals surface area contributed by atoms with Gasteiger partial charge in [0, 0.05) is 23.1 Å². The number of carboxylic acid groups (broad SMARTS) is 1. The Balaban J connectivity index is 1.32. The number of carboxylic acids is 1. The normalized spacial score (nSPS) is 14.3. The average molecular weight is 619 g/mol. The van der Waals surface area contributed by atoms with Gasteiger partial charge in [-0.3, -0.25) is 0 Å². The number of hydrogen-bond acceptors (Lipinski definition) is 5. The molecule has 1 aliphatic rings. The highest BCUT2D eigenvalue weighted by Crippen LogP contribution is 2.39. The van der Waals surface area contributed by atoms with E-state index >= 15 is 0 Å². The molecule has 2 aromatic heterocycles. The molecule has 7 nitrogen and oxygen atoms in total. The molecule has 5 aromatic rings. The van der Waals surface area contributed by atoms with E-state index in [1.807, 2.05) is 38.1 Å². The van der Waals surface area contributed by atoms with Gasteiger partial charge in [-0.15, -0.1) is 0 Å². The number of carbonyl (C=O) groups is 1. The summed E-state index contributed by atoms with van der Waals surface area (Å²) in [5, 5.41) is 15.0. The molecular formula is C34H33Cl2N3O4. The minimum absolute atomic E-state index is 0.0853. The fraction of sp³-hybridized carbons (Fsp3) is 0.324. The van der Waals surface area contributed by atoms with Crippen LogP contribution in [0.2, 0.25) is 10.0 Å². The molecule has 0 amide bonds. The van der Waals surface area contributed by atoms with Gasteiger partial charge in [-0.25, -0.2) is 9.78 Å². The summed E-state index contributed by atoms with van der Waals surface area (Å²) in [6, 6.07) is 18.7. The van der Waals surface area contributed by atoms with E-state index in [1.54, 1.807) is 36.4 Å². The third kappa shape index (κ3) is 5.89. The summed E-state index contributed by atoms with van der Waals surface area (Å²) in [4.78, 5) is 16.8. The summed E-state index contributed by atoms with van der Waals surface area (Å²) in [6.45, 7) is 4.30. The van der Waals surface area contributed by atoms with Crippen molar-refractivity contribution >= 4 is 40.2 Å². The van der Waals surface area contributed by atoms with Crippen LogP contribution in [0.4, 0.5) is 0 Å². The summed E-state index contributed by atoms with van der Waals surface area (Å²) in [7, 11) is 0. The second-order valence-corrected chi connectivity index (χ2v) is 12.2. The molecule has 222 valence electrons. The van der Waals surface area contributed by atoms with E-state index in [0.29, 0.717) is 27.1 Å². The maximum Gasteiger partial charge on any atom is 0.335 e. The minimum Gasteiger partial charge on any atom is -0.489 e. The van der Waals surface area contributed by atoms with Crippen molar-refractivity contribution in [1.82, 2.24) is 14.7 Å². The van der Waals surface area contributed by atoms with Gasteiger partial charge in [-0.1, -0.05) is 74.0 Å². The molecule has 1 fully saturated rings. The second kappa shape index (κ2) is 12.4. The van der Waals surface area contributed by atoms with Crippen LogP contribution in [-0.4, -0.2) is 25.8 Å². The third-order valence-corrected chi connectivity index (χ3v) is 8.79. The monoisotopic (exact) mass is 617 g/mol. The molecule has 43 heavy (non-hydrogen) atoms. The average Bonchev–Trinajstić information content (AvgIpc) is 3.47. The molecule has 2 heterocycles. The highest BCUT2D eigenvalue weighted by atomic mass is 35.5. The Kier molecular flexibility index (Phi) is 8.46. The standard InChI is InChI=1S/C34H33Cl2N3O4/c1-20(2)32-25(31(38-43-32)30-26(35)10-7-11-27(30)36)19-42-24-15-12-21(13-16-24)33-37-28-17-14-22(34(40)41)18-29(28)39(33)23-8-5-3-4-6-9-23/h7,10-18,20,23H,3-6,8-9,19H2,1-2H3,(H,40,41). The van der Waals surface area contributed by atoms with Crippen molar-refractivity contribution in [1.29, 1.82) is 0 Å². The fourth-order valence-electron chi connectivity index (χ4n) is 6.01. The summed E-state index contributed by atoms with van der Waals surface area (Å²) in [5.74, 6) is 1.39. The molecule has 0 aliphatic heterocycles. The Morgan fingerprint density at radius 1 is 1.02 bits per heavy atom. The molecule has 0 bridgehead atoms. The first-order valence-electron chi connectivity index (χ1n) is 14.7. The zero-order valence-corrected chi connectivity index (χ0v) is 25.7. The summed E-state index contributed by atoms with van der Waals surface area (Å²) < 4.78 is 14.2. The van der Waals surface area contributed by atoms with Gasteiger partial charge in [0.05, 0.1) is 32.2 Å². The molecule has 0 radical (unpaired) electrons. The van der Waals surface area contributed by atoms with E-state index < -0.39 is 5.97 Å². The van der Waals surface area contributed by atoms with Crippen LogP contribution in [0.15, 0.2) is 65.2 Å². The van der Waals surface area contributed by atoms with Crippen LogP contribution in [0.1, 0.15) is 86.0 Å². The van der Waals surface area contributed by atoms with Gasteiger partial charge in [0.1, 0.15) is 29.6 Å². The van der Waals surface area contributed by atoms with Crippen molar-refractivity contribution in [3.8, 4) is 28.4 Å². The zero-order valence-electron chi connectivity index (χ0n) is 24.1. The predicted octanol–water partition coefficient (Wildman–Crippen LogP) is 9.96. The highest BCUT2D eigenvalue weighted by molar-refractivity contribution is 6.39. The van der Waals surface area contributed by atoms with Crippen molar-refractivity contribution in [3.63, 3.8) is 0 Å².